The van der Waals surface area contributed by atoms with Gasteiger partial charge < -0.3 is 10.4 Å². The van der Waals surface area contributed by atoms with Gasteiger partial charge in [-0.15, -0.1) is 11.3 Å². The molecule has 0 aromatic carbocycles. The third kappa shape index (κ3) is 4.59. The molecule has 1 aliphatic carbocycles. The van der Waals surface area contributed by atoms with Gasteiger partial charge in [0.25, 0.3) is 0 Å². The monoisotopic (exact) mass is 296 g/mol. The van der Waals surface area contributed by atoms with Crippen molar-refractivity contribution in [1.29, 1.82) is 0 Å². The molecule has 110 valence electrons. The highest BCUT2D eigenvalue weighted by Crippen LogP contribution is 2.27. The molecule has 1 heterocycles. The van der Waals surface area contributed by atoms with Crippen LogP contribution in [0.5, 0.6) is 0 Å². The first-order chi connectivity index (χ1) is 9.65. The van der Waals surface area contributed by atoms with Crippen molar-refractivity contribution in [2.45, 2.75) is 51.4 Å². The van der Waals surface area contributed by atoms with Crippen LogP contribution >= 0.6 is 11.3 Å². The first-order valence-corrected chi connectivity index (χ1v) is 7.93. The van der Waals surface area contributed by atoms with E-state index in [-0.39, 0.29) is 18.7 Å². The van der Waals surface area contributed by atoms with Gasteiger partial charge in [-0.05, 0) is 32.1 Å². The summed E-state index contributed by atoms with van der Waals surface area (Å²) in [7, 11) is 0. The molecule has 20 heavy (non-hydrogen) atoms. The number of fused-ring (bicyclic) bond motifs is 1. The molecule has 0 spiro atoms. The first-order valence-electron chi connectivity index (χ1n) is 7.11. The number of aryl methyl sites for hydroxylation is 3. The second-order valence-electron chi connectivity index (χ2n) is 5.03. The van der Waals surface area contributed by atoms with Gasteiger partial charge >= 0.3 is 5.97 Å². The van der Waals surface area contributed by atoms with Crippen LogP contribution in [0.25, 0.3) is 0 Å². The molecule has 0 bridgehead atoms. The third-order valence-electron chi connectivity index (χ3n) is 3.35. The molecule has 0 aliphatic heterocycles. The summed E-state index contributed by atoms with van der Waals surface area (Å²) in [5.41, 5.74) is 1.28. The van der Waals surface area contributed by atoms with Gasteiger partial charge in [-0.3, -0.25) is 9.59 Å². The van der Waals surface area contributed by atoms with E-state index in [4.69, 9.17) is 5.11 Å². The molecule has 6 heteroatoms. The Hall–Kier alpha value is -1.43. The van der Waals surface area contributed by atoms with Crippen molar-refractivity contribution >= 4 is 23.2 Å². The lowest BCUT2D eigenvalue weighted by Gasteiger charge is -2.06. The molecule has 1 aliphatic rings. The molecule has 0 saturated carbocycles. The molecule has 1 amide bonds. The SMILES string of the molecule is O=C(O)CCC(=O)NCCCc1nc2c(s1)CCCC2. The van der Waals surface area contributed by atoms with Gasteiger partial charge in [0.05, 0.1) is 17.1 Å². The predicted molar refractivity (Wildman–Crippen MR) is 77.0 cm³/mol. The number of aromatic nitrogens is 1. The van der Waals surface area contributed by atoms with E-state index >= 15 is 0 Å². The molecule has 1 aromatic heterocycles. The highest BCUT2D eigenvalue weighted by atomic mass is 32.1. The van der Waals surface area contributed by atoms with Crippen molar-refractivity contribution in [2.75, 3.05) is 6.54 Å². The zero-order valence-electron chi connectivity index (χ0n) is 11.5. The number of thiazole rings is 1. The van der Waals surface area contributed by atoms with Crippen LogP contribution in [0.2, 0.25) is 0 Å². The van der Waals surface area contributed by atoms with Crippen LogP contribution in [0.4, 0.5) is 0 Å². The minimum atomic E-state index is -0.937. The summed E-state index contributed by atoms with van der Waals surface area (Å²) in [6.45, 7) is 0.586. The summed E-state index contributed by atoms with van der Waals surface area (Å²) in [4.78, 5) is 27.8. The third-order valence-corrected chi connectivity index (χ3v) is 4.56. The van der Waals surface area contributed by atoms with Crippen molar-refractivity contribution < 1.29 is 14.7 Å². The van der Waals surface area contributed by atoms with E-state index in [2.05, 4.69) is 10.3 Å². The lowest BCUT2D eigenvalue weighted by molar-refractivity contribution is -0.138. The maximum Gasteiger partial charge on any atom is 0.303 e. The average molecular weight is 296 g/mol. The fourth-order valence-electron chi connectivity index (χ4n) is 2.29. The molecular formula is C14H20N2O3S. The zero-order valence-corrected chi connectivity index (χ0v) is 12.3. The number of carbonyl (C=O) groups is 2. The largest absolute Gasteiger partial charge is 0.481 e. The van der Waals surface area contributed by atoms with Crippen LogP contribution in [0.1, 0.15) is 47.7 Å². The summed E-state index contributed by atoms with van der Waals surface area (Å²) in [6, 6.07) is 0. The average Bonchev–Trinajstić information content (AvgIpc) is 2.84. The number of hydrogen-bond acceptors (Lipinski definition) is 4. The number of rotatable bonds is 7. The van der Waals surface area contributed by atoms with Crippen molar-refractivity contribution in [2.24, 2.45) is 0 Å². The molecular weight excluding hydrogens is 276 g/mol. The van der Waals surface area contributed by atoms with Crippen LogP contribution in [-0.2, 0) is 28.9 Å². The minimum Gasteiger partial charge on any atom is -0.481 e. The van der Waals surface area contributed by atoms with E-state index in [1.54, 1.807) is 11.3 Å². The number of nitrogens with zero attached hydrogens (tertiary/aromatic N) is 1. The number of carboxylic acids is 1. The smallest absolute Gasteiger partial charge is 0.303 e. The fourth-order valence-corrected chi connectivity index (χ4v) is 3.49. The number of amides is 1. The quantitative estimate of drug-likeness (QED) is 0.754. The van der Waals surface area contributed by atoms with Crippen LogP contribution in [0, 0.1) is 0 Å². The Morgan fingerprint density at radius 3 is 2.80 bits per heavy atom. The van der Waals surface area contributed by atoms with Crippen molar-refractivity contribution in [3.8, 4) is 0 Å². The number of aliphatic carboxylic acids is 1. The molecule has 2 N–H and O–H groups in total. The van der Waals surface area contributed by atoms with E-state index in [1.165, 1.54) is 29.8 Å². The molecule has 1 aromatic rings. The maximum atomic E-state index is 11.3. The van der Waals surface area contributed by atoms with Gasteiger partial charge in [0.2, 0.25) is 5.91 Å². The lowest BCUT2D eigenvalue weighted by atomic mass is 10.0. The molecule has 2 rings (SSSR count). The Balaban J connectivity index is 1.64. The van der Waals surface area contributed by atoms with Gasteiger partial charge in [0.15, 0.2) is 0 Å². The van der Waals surface area contributed by atoms with Crippen LogP contribution in [-0.4, -0.2) is 28.5 Å². The Bertz CT molecular complexity index is 461. The topological polar surface area (TPSA) is 79.3 Å². The van der Waals surface area contributed by atoms with Gasteiger partial charge in [-0.1, -0.05) is 0 Å². The maximum absolute atomic E-state index is 11.3. The van der Waals surface area contributed by atoms with Crippen molar-refractivity contribution in [3.63, 3.8) is 0 Å². The van der Waals surface area contributed by atoms with Gasteiger partial charge in [0, 0.05) is 24.3 Å². The normalized spacial score (nSPS) is 13.8. The Morgan fingerprint density at radius 1 is 1.25 bits per heavy atom. The lowest BCUT2D eigenvalue weighted by Crippen LogP contribution is -2.25. The molecule has 0 unspecified atom stereocenters. The van der Waals surface area contributed by atoms with Gasteiger partial charge in [-0.25, -0.2) is 4.98 Å². The van der Waals surface area contributed by atoms with E-state index in [0.717, 1.165) is 24.3 Å². The molecule has 0 fully saturated rings. The van der Waals surface area contributed by atoms with Crippen LogP contribution < -0.4 is 5.32 Å². The van der Waals surface area contributed by atoms with E-state index in [1.807, 2.05) is 0 Å². The standard InChI is InChI=1S/C14H20N2O3S/c17-12(7-8-14(18)19)15-9-3-6-13-16-10-4-1-2-5-11(10)20-13/h1-9H2,(H,15,17)(H,18,19). The number of carbonyl (C=O) groups excluding carboxylic acids is 1. The first kappa shape index (κ1) is 15.0. The summed E-state index contributed by atoms with van der Waals surface area (Å²) < 4.78 is 0. The molecule has 5 nitrogen and oxygen atoms in total. The second-order valence-corrected chi connectivity index (χ2v) is 6.20. The molecule has 0 saturated heterocycles. The Labute approximate surface area is 122 Å². The minimum absolute atomic E-state index is 0.0564. The second kappa shape index (κ2) is 7.38. The summed E-state index contributed by atoms with van der Waals surface area (Å²) in [5, 5.41) is 12.4. The summed E-state index contributed by atoms with van der Waals surface area (Å²) in [6.07, 6.45) is 6.48. The van der Waals surface area contributed by atoms with E-state index in [0.29, 0.717) is 6.54 Å². The predicted octanol–water partition coefficient (Wildman–Crippen LogP) is 1.94. The van der Waals surface area contributed by atoms with Crippen LogP contribution in [0.3, 0.4) is 0 Å². The van der Waals surface area contributed by atoms with Crippen molar-refractivity contribution in [3.05, 3.63) is 15.6 Å². The van der Waals surface area contributed by atoms with E-state index in [9.17, 15) is 9.59 Å². The highest BCUT2D eigenvalue weighted by Gasteiger charge is 2.14. The molecule has 0 atom stereocenters. The Morgan fingerprint density at radius 2 is 2.05 bits per heavy atom. The summed E-state index contributed by atoms with van der Waals surface area (Å²) in [5.74, 6) is -1.13. The number of carboxylic acid groups (broad SMARTS) is 1. The number of nitrogens with one attached hydrogen (secondary N) is 1. The van der Waals surface area contributed by atoms with Gasteiger partial charge in [-0.2, -0.15) is 0 Å². The van der Waals surface area contributed by atoms with Crippen molar-refractivity contribution in [1.82, 2.24) is 10.3 Å². The van der Waals surface area contributed by atoms with E-state index < -0.39 is 5.97 Å². The van der Waals surface area contributed by atoms with Crippen LogP contribution in [0.15, 0.2) is 0 Å². The summed E-state index contributed by atoms with van der Waals surface area (Å²) >= 11 is 1.81. The molecule has 0 radical (unpaired) electrons. The number of hydrogen-bond donors (Lipinski definition) is 2. The Kier molecular flexibility index (Phi) is 5.52. The van der Waals surface area contributed by atoms with Gasteiger partial charge in [0.1, 0.15) is 0 Å². The highest BCUT2D eigenvalue weighted by molar-refractivity contribution is 7.11. The fraction of sp³-hybridized carbons (Fsp3) is 0.643. The zero-order chi connectivity index (χ0) is 14.4.